The molecule has 0 fully saturated rings. The number of aromatic hydroxyl groups is 2. The molecule has 0 aliphatic heterocycles. The highest BCUT2D eigenvalue weighted by molar-refractivity contribution is 5.81. The summed E-state index contributed by atoms with van der Waals surface area (Å²) in [5, 5.41) is 20.3. The topological polar surface area (TPSA) is 40.5 Å². The van der Waals surface area contributed by atoms with Gasteiger partial charge in [-0.25, -0.2) is 0 Å². The molecule has 0 unspecified atom stereocenters. The molecule has 2 heteroatoms. The Morgan fingerprint density at radius 2 is 0.944 bits per heavy atom. The minimum absolute atomic E-state index is 0.217. The average Bonchev–Trinajstić information content (AvgIpc) is 2.20. The third-order valence-electron chi connectivity index (χ3n) is 3.17. The molecule has 18 heavy (non-hydrogen) atoms. The van der Waals surface area contributed by atoms with Gasteiger partial charge in [-0.3, -0.25) is 0 Å². The summed E-state index contributed by atoms with van der Waals surface area (Å²) in [7, 11) is 0. The number of hydrogen-bond acceptors (Lipinski definition) is 2. The maximum atomic E-state index is 10.1. The Bertz CT molecular complexity index is 511. The molecule has 2 nitrogen and oxygen atoms in total. The number of phenols is 2. The Labute approximate surface area is 108 Å². The van der Waals surface area contributed by atoms with Crippen LogP contribution in [0.15, 0.2) is 24.3 Å². The van der Waals surface area contributed by atoms with Crippen molar-refractivity contribution in [1.29, 1.82) is 0 Å². The van der Waals surface area contributed by atoms with E-state index in [9.17, 15) is 10.2 Å². The lowest BCUT2D eigenvalue weighted by atomic mass is 9.92. The fourth-order valence-corrected chi connectivity index (χ4v) is 2.54. The van der Waals surface area contributed by atoms with Crippen molar-refractivity contribution in [3.05, 3.63) is 46.5 Å². The first-order valence-corrected chi connectivity index (χ1v) is 6.01. The van der Waals surface area contributed by atoms with Gasteiger partial charge < -0.3 is 10.2 Å². The molecule has 2 rings (SSSR count). The number of benzene rings is 2. The van der Waals surface area contributed by atoms with Crippen LogP contribution >= 0.6 is 0 Å². The molecule has 2 N–H and O–H groups in total. The minimum atomic E-state index is 0.217. The third kappa shape index (κ3) is 2.06. The van der Waals surface area contributed by atoms with Crippen LogP contribution in [-0.2, 0) is 0 Å². The molecule has 0 aliphatic rings. The number of hydrogen-bond donors (Lipinski definition) is 2. The first kappa shape index (κ1) is 12.5. The normalized spacial score (nSPS) is 10.7. The highest BCUT2D eigenvalue weighted by atomic mass is 16.3. The van der Waals surface area contributed by atoms with Gasteiger partial charge >= 0.3 is 0 Å². The Morgan fingerprint density at radius 3 is 1.22 bits per heavy atom. The Hall–Kier alpha value is -1.96. The minimum Gasteiger partial charge on any atom is -0.507 e. The van der Waals surface area contributed by atoms with Crippen LogP contribution in [0.4, 0.5) is 0 Å². The highest BCUT2D eigenvalue weighted by Crippen LogP contribution is 2.40. The van der Waals surface area contributed by atoms with Crippen molar-refractivity contribution in [3.8, 4) is 22.6 Å². The molecule has 0 atom stereocenters. The van der Waals surface area contributed by atoms with E-state index in [-0.39, 0.29) is 11.5 Å². The second-order valence-corrected chi connectivity index (χ2v) is 4.95. The van der Waals surface area contributed by atoms with Crippen LogP contribution in [0.5, 0.6) is 11.5 Å². The van der Waals surface area contributed by atoms with Gasteiger partial charge in [0.1, 0.15) is 11.5 Å². The molecular formula is C16H18O2. The summed E-state index contributed by atoms with van der Waals surface area (Å²) < 4.78 is 0. The van der Waals surface area contributed by atoms with Gasteiger partial charge in [0, 0.05) is 11.1 Å². The predicted molar refractivity (Wildman–Crippen MR) is 74.2 cm³/mol. The summed E-state index contributed by atoms with van der Waals surface area (Å²) in [6.45, 7) is 7.78. The molecule has 2 aromatic rings. The van der Waals surface area contributed by atoms with Gasteiger partial charge in [0.05, 0.1) is 0 Å². The van der Waals surface area contributed by atoms with Crippen LogP contribution in [0.2, 0.25) is 0 Å². The van der Waals surface area contributed by atoms with E-state index < -0.39 is 0 Å². The largest absolute Gasteiger partial charge is 0.507 e. The fourth-order valence-electron chi connectivity index (χ4n) is 2.54. The molecular weight excluding hydrogens is 224 g/mol. The van der Waals surface area contributed by atoms with Crippen molar-refractivity contribution in [3.63, 3.8) is 0 Å². The molecule has 0 saturated carbocycles. The van der Waals surface area contributed by atoms with Crippen LogP contribution in [0.25, 0.3) is 11.1 Å². The van der Waals surface area contributed by atoms with Crippen molar-refractivity contribution in [2.24, 2.45) is 0 Å². The first-order valence-electron chi connectivity index (χ1n) is 6.01. The Balaban J connectivity index is 2.78. The van der Waals surface area contributed by atoms with E-state index in [0.717, 1.165) is 33.4 Å². The molecule has 0 radical (unpaired) electrons. The summed E-state index contributed by atoms with van der Waals surface area (Å²) in [4.78, 5) is 0. The Morgan fingerprint density at radius 1 is 0.611 bits per heavy atom. The second kappa shape index (κ2) is 4.37. The molecule has 0 spiro atoms. The SMILES string of the molecule is Cc1cc(C)c(-c2c(C)cc(C)cc2O)c(O)c1. The second-order valence-electron chi connectivity index (χ2n) is 4.95. The van der Waals surface area contributed by atoms with E-state index in [1.807, 2.05) is 39.8 Å². The van der Waals surface area contributed by atoms with Crippen LogP contribution in [0.1, 0.15) is 22.3 Å². The van der Waals surface area contributed by atoms with Gasteiger partial charge in [-0.2, -0.15) is 0 Å². The zero-order valence-electron chi connectivity index (χ0n) is 11.2. The molecule has 0 bridgehead atoms. The van der Waals surface area contributed by atoms with Gasteiger partial charge in [0.15, 0.2) is 0 Å². The molecule has 94 valence electrons. The van der Waals surface area contributed by atoms with E-state index in [4.69, 9.17) is 0 Å². The number of phenolic OH excluding ortho intramolecular Hbond substituents is 2. The van der Waals surface area contributed by atoms with E-state index in [0.29, 0.717) is 0 Å². The lowest BCUT2D eigenvalue weighted by Gasteiger charge is -2.15. The number of rotatable bonds is 1. The molecule has 2 aromatic carbocycles. The fraction of sp³-hybridized carbons (Fsp3) is 0.250. The summed E-state index contributed by atoms with van der Waals surface area (Å²) in [6, 6.07) is 7.46. The zero-order chi connectivity index (χ0) is 13.4. The Kier molecular flexibility index (Phi) is 3.04. The van der Waals surface area contributed by atoms with Gasteiger partial charge in [-0.15, -0.1) is 0 Å². The third-order valence-corrected chi connectivity index (χ3v) is 3.17. The van der Waals surface area contributed by atoms with Gasteiger partial charge in [0.2, 0.25) is 0 Å². The molecule has 0 saturated heterocycles. The average molecular weight is 242 g/mol. The molecule has 0 amide bonds. The summed E-state index contributed by atoms with van der Waals surface area (Å²) in [5.74, 6) is 0.435. The van der Waals surface area contributed by atoms with Crippen molar-refractivity contribution >= 4 is 0 Å². The lowest BCUT2D eigenvalue weighted by molar-refractivity contribution is 0.468. The molecule has 0 aliphatic carbocycles. The van der Waals surface area contributed by atoms with Crippen molar-refractivity contribution < 1.29 is 10.2 Å². The van der Waals surface area contributed by atoms with Crippen LogP contribution in [0.3, 0.4) is 0 Å². The molecule has 0 aromatic heterocycles. The van der Waals surface area contributed by atoms with Gasteiger partial charge in [-0.05, 0) is 62.1 Å². The van der Waals surface area contributed by atoms with E-state index >= 15 is 0 Å². The van der Waals surface area contributed by atoms with E-state index in [2.05, 4.69) is 0 Å². The highest BCUT2D eigenvalue weighted by Gasteiger charge is 2.15. The smallest absolute Gasteiger partial charge is 0.124 e. The van der Waals surface area contributed by atoms with E-state index in [1.54, 1.807) is 12.1 Å². The lowest BCUT2D eigenvalue weighted by Crippen LogP contribution is -1.91. The summed E-state index contributed by atoms with van der Waals surface area (Å²) >= 11 is 0. The summed E-state index contributed by atoms with van der Waals surface area (Å²) in [5.41, 5.74) is 5.40. The quantitative estimate of drug-likeness (QED) is 0.793. The van der Waals surface area contributed by atoms with E-state index in [1.165, 1.54) is 0 Å². The van der Waals surface area contributed by atoms with Crippen LogP contribution in [0, 0.1) is 27.7 Å². The van der Waals surface area contributed by atoms with Crippen LogP contribution in [-0.4, -0.2) is 10.2 Å². The zero-order valence-corrected chi connectivity index (χ0v) is 11.2. The first-order chi connectivity index (χ1) is 8.40. The maximum absolute atomic E-state index is 10.1. The maximum Gasteiger partial charge on any atom is 0.124 e. The van der Waals surface area contributed by atoms with Crippen molar-refractivity contribution in [2.45, 2.75) is 27.7 Å². The predicted octanol–water partition coefficient (Wildman–Crippen LogP) is 4.00. The standard InChI is InChI=1S/C16H18O2/c1-9-5-11(3)15(13(17)7-9)16-12(4)6-10(2)8-14(16)18/h5-8,17-18H,1-4H3. The monoisotopic (exact) mass is 242 g/mol. The van der Waals surface area contributed by atoms with Crippen LogP contribution < -0.4 is 0 Å². The van der Waals surface area contributed by atoms with Gasteiger partial charge in [-0.1, -0.05) is 12.1 Å². The molecule has 0 heterocycles. The van der Waals surface area contributed by atoms with Crippen molar-refractivity contribution in [2.75, 3.05) is 0 Å². The van der Waals surface area contributed by atoms with Crippen molar-refractivity contribution in [1.82, 2.24) is 0 Å². The summed E-state index contributed by atoms with van der Waals surface area (Å²) in [6.07, 6.45) is 0. The number of aryl methyl sites for hydroxylation is 4. The van der Waals surface area contributed by atoms with Gasteiger partial charge in [0.25, 0.3) is 0 Å².